The normalized spacial score (nSPS) is 15.1. The van der Waals surface area contributed by atoms with Gasteiger partial charge in [-0.2, -0.15) is 5.10 Å². The molecule has 0 atom stereocenters. The van der Waals surface area contributed by atoms with Gasteiger partial charge in [0.05, 0.1) is 12.2 Å². The quantitative estimate of drug-likeness (QED) is 0.873. The van der Waals surface area contributed by atoms with E-state index in [1.165, 1.54) is 31.7 Å². The minimum atomic E-state index is -0.304. The van der Waals surface area contributed by atoms with Gasteiger partial charge >= 0.3 is 0 Å². The molecule has 1 aromatic heterocycles. The van der Waals surface area contributed by atoms with Crippen LogP contribution in [0.15, 0.2) is 30.9 Å². The first kappa shape index (κ1) is 17.4. The van der Waals surface area contributed by atoms with Crippen LogP contribution in [0.2, 0.25) is 0 Å². The molecule has 1 aromatic carbocycles. The Kier molecular flexibility index (Phi) is 5.63. The van der Waals surface area contributed by atoms with E-state index in [0.29, 0.717) is 24.0 Å². The van der Waals surface area contributed by atoms with Crippen molar-refractivity contribution in [2.24, 2.45) is 0 Å². The number of aromatic nitrogens is 3. The summed E-state index contributed by atoms with van der Waals surface area (Å²) in [6.07, 6.45) is 9.14. The van der Waals surface area contributed by atoms with Crippen molar-refractivity contribution in [3.63, 3.8) is 0 Å². The van der Waals surface area contributed by atoms with E-state index < -0.39 is 0 Å². The third-order valence-corrected chi connectivity index (χ3v) is 4.77. The number of aryl methyl sites for hydroxylation is 1. The molecule has 25 heavy (non-hydrogen) atoms. The highest BCUT2D eigenvalue weighted by atomic mass is 19.1. The van der Waals surface area contributed by atoms with Crippen molar-refractivity contribution in [2.75, 3.05) is 17.3 Å². The standard InChI is InChI=1S/C18H24FN5O/c1-23(15-5-3-2-4-6-15)17-8-7-14(11-16(17)19)22-18(25)9-10-24-13-20-12-21-24/h7-8,11-13,15H,2-6,9-10H2,1H3,(H,22,25). The van der Waals surface area contributed by atoms with Gasteiger partial charge in [0.2, 0.25) is 5.91 Å². The predicted octanol–water partition coefficient (Wildman–Crippen LogP) is 3.21. The Morgan fingerprint density at radius 3 is 2.84 bits per heavy atom. The molecule has 1 aliphatic carbocycles. The fourth-order valence-electron chi connectivity index (χ4n) is 3.32. The minimum absolute atomic E-state index is 0.178. The van der Waals surface area contributed by atoms with Crippen molar-refractivity contribution in [3.05, 3.63) is 36.7 Å². The van der Waals surface area contributed by atoms with Crippen LogP contribution in [0, 0.1) is 5.82 Å². The average Bonchev–Trinajstić information content (AvgIpc) is 3.14. The highest BCUT2D eigenvalue weighted by molar-refractivity contribution is 5.90. The van der Waals surface area contributed by atoms with Gasteiger partial charge in [-0.15, -0.1) is 0 Å². The highest BCUT2D eigenvalue weighted by Crippen LogP contribution is 2.29. The Bertz CT molecular complexity index is 697. The van der Waals surface area contributed by atoms with Crippen LogP contribution in [-0.4, -0.2) is 33.8 Å². The lowest BCUT2D eigenvalue weighted by Crippen LogP contribution is -2.33. The van der Waals surface area contributed by atoms with Crippen molar-refractivity contribution >= 4 is 17.3 Å². The fraction of sp³-hybridized carbons (Fsp3) is 0.500. The second-order valence-electron chi connectivity index (χ2n) is 6.53. The van der Waals surface area contributed by atoms with E-state index in [-0.39, 0.29) is 18.1 Å². The van der Waals surface area contributed by atoms with E-state index in [2.05, 4.69) is 15.4 Å². The molecule has 1 fully saturated rings. The molecule has 1 aliphatic rings. The molecule has 0 bridgehead atoms. The van der Waals surface area contributed by atoms with Crippen LogP contribution in [-0.2, 0) is 11.3 Å². The molecule has 0 saturated heterocycles. The lowest BCUT2D eigenvalue weighted by atomic mass is 9.94. The number of carbonyl (C=O) groups excluding carboxylic acids is 1. The second kappa shape index (κ2) is 8.09. The van der Waals surface area contributed by atoms with E-state index in [1.807, 2.05) is 11.9 Å². The zero-order chi connectivity index (χ0) is 17.6. The number of anilines is 2. The molecule has 0 unspecified atom stereocenters. The predicted molar refractivity (Wildman–Crippen MR) is 94.9 cm³/mol. The lowest BCUT2D eigenvalue weighted by molar-refractivity contribution is -0.116. The first-order valence-corrected chi connectivity index (χ1v) is 8.78. The molecule has 1 saturated carbocycles. The van der Waals surface area contributed by atoms with E-state index in [4.69, 9.17) is 0 Å². The number of hydrogen-bond acceptors (Lipinski definition) is 4. The lowest BCUT2D eigenvalue weighted by Gasteiger charge is -2.33. The summed E-state index contributed by atoms with van der Waals surface area (Å²) in [5.41, 5.74) is 1.06. The van der Waals surface area contributed by atoms with Gasteiger partial charge in [0.25, 0.3) is 0 Å². The summed E-state index contributed by atoms with van der Waals surface area (Å²) in [6, 6.07) is 5.29. The van der Waals surface area contributed by atoms with E-state index in [0.717, 1.165) is 12.8 Å². The van der Waals surface area contributed by atoms with Crippen molar-refractivity contribution < 1.29 is 9.18 Å². The van der Waals surface area contributed by atoms with Crippen LogP contribution >= 0.6 is 0 Å². The Morgan fingerprint density at radius 2 is 2.16 bits per heavy atom. The number of rotatable bonds is 6. The molecule has 1 N–H and O–H groups in total. The fourth-order valence-corrected chi connectivity index (χ4v) is 3.32. The average molecular weight is 345 g/mol. The summed E-state index contributed by atoms with van der Waals surface area (Å²) < 4.78 is 16.1. The topological polar surface area (TPSA) is 63.1 Å². The van der Waals surface area contributed by atoms with Crippen LogP contribution in [0.25, 0.3) is 0 Å². The Morgan fingerprint density at radius 1 is 1.36 bits per heavy atom. The van der Waals surface area contributed by atoms with Gasteiger partial charge in [-0.3, -0.25) is 9.48 Å². The summed E-state index contributed by atoms with van der Waals surface area (Å²) >= 11 is 0. The molecule has 7 heteroatoms. The van der Waals surface area contributed by atoms with Crippen LogP contribution in [0.1, 0.15) is 38.5 Å². The first-order valence-electron chi connectivity index (χ1n) is 8.78. The summed E-state index contributed by atoms with van der Waals surface area (Å²) in [5, 5.41) is 6.68. The monoisotopic (exact) mass is 345 g/mol. The second-order valence-corrected chi connectivity index (χ2v) is 6.53. The van der Waals surface area contributed by atoms with Gasteiger partial charge in [-0.1, -0.05) is 19.3 Å². The molecule has 6 nitrogen and oxygen atoms in total. The summed E-state index contributed by atoms with van der Waals surface area (Å²) in [6.45, 7) is 0.441. The van der Waals surface area contributed by atoms with Gasteiger partial charge < -0.3 is 10.2 Å². The third kappa shape index (κ3) is 4.55. The number of halogens is 1. The smallest absolute Gasteiger partial charge is 0.226 e. The van der Waals surface area contributed by atoms with Crippen LogP contribution in [0.5, 0.6) is 0 Å². The van der Waals surface area contributed by atoms with E-state index in [9.17, 15) is 9.18 Å². The van der Waals surface area contributed by atoms with E-state index in [1.54, 1.807) is 23.1 Å². The van der Waals surface area contributed by atoms with Crippen LogP contribution in [0.4, 0.5) is 15.8 Å². The molecule has 0 radical (unpaired) electrons. The third-order valence-electron chi connectivity index (χ3n) is 4.77. The minimum Gasteiger partial charge on any atom is -0.369 e. The van der Waals surface area contributed by atoms with Crippen molar-refractivity contribution in [1.29, 1.82) is 0 Å². The number of hydrogen-bond donors (Lipinski definition) is 1. The Labute approximate surface area is 147 Å². The van der Waals surface area contributed by atoms with Gasteiger partial charge in [-0.05, 0) is 31.0 Å². The maximum Gasteiger partial charge on any atom is 0.226 e. The number of nitrogens with one attached hydrogen (secondary N) is 1. The molecule has 0 spiro atoms. The SMILES string of the molecule is CN(c1ccc(NC(=O)CCn2cncn2)cc1F)C1CCCCC1. The highest BCUT2D eigenvalue weighted by Gasteiger charge is 2.20. The Hall–Kier alpha value is -2.44. The van der Waals surface area contributed by atoms with Crippen molar-refractivity contribution in [3.8, 4) is 0 Å². The van der Waals surface area contributed by atoms with E-state index >= 15 is 0 Å². The molecular formula is C18H24FN5O. The van der Waals surface area contributed by atoms with Gasteiger partial charge in [0.15, 0.2) is 0 Å². The summed E-state index contributed by atoms with van der Waals surface area (Å²) in [4.78, 5) is 17.8. The Balaban J connectivity index is 1.58. The zero-order valence-electron chi connectivity index (χ0n) is 14.5. The zero-order valence-corrected chi connectivity index (χ0v) is 14.5. The van der Waals surface area contributed by atoms with Gasteiger partial charge in [-0.25, -0.2) is 9.37 Å². The van der Waals surface area contributed by atoms with Gasteiger partial charge in [0.1, 0.15) is 18.5 Å². The van der Waals surface area contributed by atoms with Crippen LogP contribution < -0.4 is 10.2 Å². The number of benzene rings is 1. The molecular weight excluding hydrogens is 321 g/mol. The molecule has 3 rings (SSSR count). The van der Waals surface area contributed by atoms with Crippen LogP contribution in [0.3, 0.4) is 0 Å². The summed E-state index contributed by atoms with van der Waals surface area (Å²) in [5.74, 6) is -0.481. The molecule has 1 heterocycles. The van der Waals surface area contributed by atoms with Gasteiger partial charge in [0, 0.05) is 25.2 Å². The number of nitrogens with zero attached hydrogens (tertiary/aromatic N) is 4. The number of carbonyl (C=O) groups is 1. The largest absolute Gasteiger partial charge is 0.369 e. The number of amides is 1. The molecule has 1 amide bonds. The molecule has 2 aromatic rings. The maximum atomic E-state index is 14.5. The molecule has 0 aliphatic heterocycles. The van der Waals surface area contributed by atoms with Crippen molar-refractivity contribution in [1.82, 2.24) is 14.8 Å². The maximum absolute atomic E-state index is 14.5. The first-order chi connectivity index (χ1) is 12.1. The van der Waals surface area contributed by atoms with Crippen molar-refractivity contribution in [2.45, 2.75) is 51.1 Å². The molecule has 134 valence electrons. The summed E-state index contributed by atoms with van der Waals surface area (Å²) in [7, 11) is 1.95.